The van der Waals surface area contributed by atoms with Crippen molar-refractivity contribution in [1.82, 2.24) is 14.8 Å². The van der Waals surface area contributed by atoms with E-state index >= 15 is 0 Å². The lowest BCUT2D eigenvalue weighted by atomic mass is 10.1. The van der Waals surface area contributed by atoms with E-state index in [-0.39, 0.29) is 11.0 Å². The second-order valence-electron chi connectivity index (χ2n) is 4.98. The Morgan fingerprint density at radius 3 is 2.57 bits per heavy atom. The van der Waals surface area contributed by atoms with E-state index < -0.39 is 10.0 Å². The molecule has 0 spiro atoms. The van der Waals surface area contributed by atoms with Crippen LogP contribution in [0.1, 0.15) is 24.2 Å². The summed E-state index contributed by atoms with van der Waals surface area (Å²) in [6.07, 6.45) is 2.71. The Morgan fingerprint density at radius 2 is 2.00 bits per heavy atom. The van der Waals surface area contributed by atoms with Gasteiger partial charge in [0, 0.05) is 17.8 Å². The molecule has 2 aromatic rings. The van der Waals surface area contributed by atoms with E-state index in [4.69, 9.17) is 0 Å². The van der Waals surface area contributed by atoms with E-state index in [0.29, 0.717) is 16.4 Å². The Bertz CT molecular complexity index is 785. The molecule has 0 unspecified atom stereocenters. The van der Waals surface area contributed by atoms with Gasteiger partial charge in [0.1, 0.15) is 6.33 Å². The fraction of sp³-hybridized carbons (Fsp3) is 0.357. The fourth-order valence-corrected chi connectivity index (χ4v) is 3.45. The van der Waals surface area contributed by atoms with Crippen molar-refractivity contribution in [2.75, 3.05) is 11.0 Å². The summed E-state index contributed by atoms with van der Waals surface area (Å²) >= 11 is 1.35. The van der Waals surface area contributed by atoms with Gasteiger partial charge >= 0.3 is 0 Å². The third-order valence-corrected chi connectivity index (χ3v) is 4.75. The van der Waals surface area contributed by atoms with Crippen LogP contribution in [0, 0.1) is 0 Å². The minimum atomic E-state index is -3.33. The van der Waals surface area contributed by atoms with Crippen molar-refractivity contribution in [3.05, 3.63) is 36.2 Å². The second-order valence-corrected chi connectivity index (χ2v) is 8.03. The molecule has 7 nitrogen and oxygen atoms in total. The maximum atomic E-state index is 12.5. The van der Waals surface area contributed by atoms with Crippen LogP contribution in [0.25, 0.3) is 0 Å². The molecule has 0 saturated carbocycles. The first kappa shape index (κ1) is 17.5. The molecule has 0 bridgehead atoms. The number of anilines is 1. The highest BCUT2D eigenvalue weighted by molar-refractivity contribution is 8.00. The predicted octanol–water partition coefficient (Wildman–Crippen LogP) is 2.03. The van der Waals surface area contributed by atoms with Crippen molar-refractivity contribution in [2.45, 2.75) is 30.8 Å². The number of rotatable bonds is 7. The number of thioether (sulfide) groups is 1. The highest BCUT2D eigenvalue weighted by atomic mass is 32.2. The van der Waals surface area contributed by atoms with E-state index in [1.807, 2.05) is 18.4 Å². The van der Waals surface area contributed by atoms with Crippen molar-refractivity contribution in [2.24, 2.45) is 0 Å². The van der Waals surface area contributed by atoms with Crippen LogP contribution in [-0.4, -0.2) is 40.5 Å². The van der Waals surface area contributed by atoms with Gasteiger partial charge in [0.05, 0.1) is 11.5 Å². The van der Waals surface area contributed by atoms with Gasteiger partial charge in [-0.3, -0.25) is 9.52 Å². The molecule has 23 heavy (non-hydrogen) atoms. The molecule has 124 valence electrons. The van der Waals surface area contributed by atoms with Crippen LogP contribution in [-0.2, 0) is 16.6 Å². The number of nitrogens with one attached hydrogen (secondary N) is 1. The summed E-state index contributed by atoms with van der Waals surface area (Å²) in [5, 5.41) is 8.22. The highest BCUT2D eigenvalue weighted by Gasteiger charge is 2.19. The van der Waals surface area contributed by atoms with Gasteiger partial charge in [0.15, 0.2) is 10.9 Å². The van der Waals surface area contributed by atoms with Crippen molar-refractivity contribution in [3.8, 4) is 0 Å². The van der Waals surface area contributed by atoms with Gasteiger partial charge in [0.25, 0.3) is 0 Å². The van der Waals surface area contributed by atoms with Crippen molar-refractivity contribution in [3.63, 3.8) is 0 Å². The molecule has 1 aromatic heterocycles. The van der Waals surface area contributed by atoms with Gasteiger partial charge < -0.3 is 4.57 Å². The van der Waals surface area contributed by atoms with Gasteiger partial charge in [0.2, 0.25) is 10.0 Å². The number of hydrogen-bond donors (Lipinski definition) is 1. The fourth-order valence-electron chi connectivity index (χ4n) is 1.92. The molecular weight excluding hydrogens is 336 g/mol. The molecule has 0 aliphatic carbocycles. The quantitative estimate of drug-likeness (QED) is 0.604. The van der Waals surface area contributed by atoms with E-state index in [1.165, 1.54) is 11.8 Å². The number of carbonyl (C=O) groups excluding carboxylic acids is 1. The summed E-state index contributed by atoms with van der Waals surface area (Å²) in [6, 6.07) is 6.36. The Kier molecular flexibility index (Phi) is 5.42. The largest absolute Gasteiger partial charge is 0.309 e. The van der Waals surface area contributed by atoms with Gasteiger partial charge in [-0.1, -0.05) is 11.8 Å². The van der Waals surface area contributed by atoms with Crippen LogP contribution >= 0.6 is 11.8 Å². The molecule has 0 fully saturated rings. The Balaban J connectivity index is 2.07. The zero-order chi connectivity index (χ0) is 17.0. The number of carbonyl (C=O) groups is 1. The molecular formula is C14H18N4O3S2. The van der Waals surface area contributed by atoms with Crippen LogP contribution in [0.5, 0.6) is 0 Å². The zero-order valence-electron chi connectivity index (χ0n) is 13.1. The molecule has 1 atom stereocenters. The monoisotopic (exact) mass is 354 g/mol. The molecule has 9 heteroatoms. The zero-order valence-corrected chi connectivity index (χ0v) is 14.7. The molecule has 2 rings (SSSR count). The normalized spacial score (nSPS) is 12.8. The summed E-state index contributed by atoms with van der Waals surface area (Å²) in [7, 11) is -3.33. The number of aromatic nitrogens is 3. The molecule has 0 amide bonds. The van der Waals surface area contributed by atoms with Gasteiger partial charge in [-0.15, -0.1) is 10.2 Å². The van der Waals surface area contributed by atoms with Crippen LogP contribution < -0.4 is 4.72 Å². The molecule has 0 radical (unpaired) electrons. The summed E-state index contributed by atoms with van der Waals surface area (Å²) < 4.78 is 26.6. The third kappa shape index (κ3) is 4.80. The molecule has 0 saturated heterocycles. The topological polar surface area (TPSA) is 93.9 Å². The van der Waals surface area contributed by atoms with E-state index in [0.717, 1.165) is 12.8 Å². The van der Waals surface area contributed by atoms with Crippen molar-refractivity contribution >= 4 is 33.3 Å². The molecule has 0 aliphatic heterocycles. The minimum Gasteiger partial charge on any atom is -0.309 e. The van der Waals surface area contributed by atoms with Gasteiger partial charge in [-0.25, -0.2) is 8.42 Å². The Morgan fingerprint density at radius 1 is 1.35 bits per heavy atom. The number of aryl methyl sites for hydroxylation is 1. The first-order valence-corrected chi connectivity index (χ1v) is 9.74. The molecule has 1 aromatic carbocycles. The first-order chi connectivity index (χ1) is 10.8. The van der Waals surface area contributed by atoms with Crippen LogP contribution in [0.2, 0.25) is 0 Å². The van der Waals surface area contributed by atoms with E-state index in [2.05, 4.69) is 14.9 Å². The molecule has 0 aliphatic rings. The third-order valence-electron chi connectivity index (χ3n) is 3.04. The summed E-state index contributed by atoms with van der Waals surface area (Å²) in [6.45, 7) is 4.53. The van der Waals surface area contributed by atoms with Crippen molar-refractivity contribution in [1.29, 1.82) is 0 Å². The first-order valence-electron chi connectivity index (χ1n) is 6.96. The summed E-state index contributed by atoms with van der Waals surface area (Å²) in [5.41, 5.74) is 0.946. The number of benzene rings is 1. The maximum Gasteiger partial charge on any atom is 0.229 e. The molecule has 1 heterocycles. The Hall–Kier alpha value is -1.87. The number of Topliss-reactive ketones (excluding diaryl/α,β-unsaturated/α-hetero) is 1. The maximum absolute atomic E-state index is 12.5. The second kappa shape index (κ2) is 7.14. The lowest BCUT2D eigenvalue weighted by Crippen LogP contribution is -2.15. The van der Waals surface area contributed by atoms with Crippen LogP contribution in [0.3, 0.4) is 0 Å². The smallest absolute Gasteiger partial charge is 0.229 e. The lowest BCUT2D eigenvalue weighted by molar-refractivity contribution is 0.0994. The standard InChI is InChI=1S/C14H18N4O3S2/c1-4-18-9-15-16-14(18)22-10(2)13(19)11-5-7-12(8-6-11)17-23(3,20)21/h5-10,17H,4H2,1-3H3/t10-/m1/s1. The van der Waals surface area contributed by atoms with Crippen molar-refractivity contribution < 1.29 is 13.2 Å². The van der Waals surface area contributed by atoms with Crippen LogP contribution in [0.15, 0.2) is 35.7 Å². The Labute approximate surface area is 139 Å². The SMILES string of the molecule is CCn1cnnc1S[C@H](C)C(=O)c1ccc(NS(C)(=O)=O)cc1. The van der Waals surface area contributed by atoms with E-state index in [9.17, 15) is 13.2 Å². The number of nitrogens with zero attached hydrogens (tertiary/aromatic N) is 3. The lowest BCUT2D eigenvalue weighted by Gasteiger charge is -2.11. The highest BCUT2D eigenvalue weighted by Crippen LogP contribution is 2.24. The van der Waals surface area contributed by atoms with Crippen LogP contribution in [0.4, 0.5) is 5.69 Å². The molecule has 1 N–H and O–H groups in total. The summed E-state index contributed by atoms with van der Waals surface area (Å²) in [4.78, 5) is 12.5. The summed E-state index contributed by atoms with van der Waals surface area (Å²) in [5.74, 6) is -0.0495. The average Bonchev–Trinajstić information content (AvgIpc) is 2.92. The number of sulfonamides is 1. The van der Waals surface area contributed by atoms with E-state index in [1.54, 1.807) is 30.6 Å². The number of ketones is 1. The average molecular weight is 354 g/mol. The predicted molar refractivity (Wildman–Crippen MR) is 90.3 cm³/mol. The minimum absolute atomic E-state index is 0.0495. The van der Waals surface area contributed by atoms with Gasteiger partial charge in [-0.05, 0) is 38.1 Å². The number of hydrogen-bond acceptors (Lipinski definition) is 6. The van der Waals surface area contributed by atoms with Gasteiger partial charge in [-0.2, -0.15) is 0 Å².